The summed E-state index contributed by atoms with van der Waals surface area (Å²) in [5.41, 5.74) is 1.14. The largest absolute Gasteiger partial charge is 0.250 e. The summed E-state index contributed by atoms with van der Waals surface area (Å²) in [4.78, 5) is 4.99. The average Bonchev–Trinajstić information content (AvgIpc) is 3.32. The van der Waals surface area contributed by atoms with Crippen LogP contribution in [0.15, 0.2) is 49.8 Å². The molecule has 3 aromatic heterocycles. The normalized spacial score (nSPS) is 12.1. The quantitative estimate of drug-likeness (QED) is 0.447. The van der Waals surface area contributed by atoms with Crippen molar-refractivity contribution in [3.05, 3.63) is 57.1 Å². The third kappa shape index (κ3) is 3.83. The lowest BCUT2D eigenvalue weighted by Gasteiger charge is -2.04. The monoisotopic (exact) mass is 486 g/mol. The van der Waals surface area contributed by atoms with E-state index in [0.29, 0.717) is 22.8 Å². The standard InChI is InChI=1S/C16H12BrFN4O2S3/c17-13-5-6-14(26-13)27(23,24)19-8-7-10-9-25-16-20-15(21-22(10)16)11-3-1-2-4-12(11)18/h1-6,9,19H,7-8H2. The average molecular weight is 487 g/mol. The fourth-order valence-corrected chi connectivity index (χ4v) is 6.42. The molecule has 0 saturated carbocycles. The van der Waals surface area contributed by atoms with Crippen LogP contribution in [-0.2, 0) is 16.4 Å². The molecule has 0 atom stereocenters. The number of thiazole rings is 1. The van der Waals surface area contributed by atoms with Crippen LogP contribution < -0.4 is 4.72 Å². The van der Waals surface area contributed by atoms with Crippen molar-refractivity contribution < 1.29 is 12.8 Å². The molecule has 1 N–H and O–H groups in total. The number of thiophene rings is 1. The van der Waals surface area contributed by atoms with Crippen molar-refractivity contribution in [2.45, 2.75) is 10.6 Å². The summed E-state index contributed by atoms with van der Waals surface area (Å²) in [7, 11) is -3.54. The number of sulfonamides is 1. The maximum Gasteiger partial charge on any atom is 0.250 e. The van der Waals surface area contributed by atoms with Gasteiger partial charge in [-0.1, -0.05) is 12.1 Å². The molecule has 27 heavy (non-hydrogen) atoms. The van der Waals surface area contributed by atoms with Crippen LogP contribution in [0, 0.1) is 5.82 Å². The van der Waals surface area contributed by atoms with Crippen LogP contribution in [0.3, 0.4) is 0 Å². The molecule has 0 aliphatic rings. The zero-order valence-corrected chi connectivity index (χ0v) is 17.6. The fraction of sp³-hybridized carbons (Fsp3) is 0.125. The lowest BCUT2D eigenvalue weighted by atomic mass is 10.2. The maximum absolute atomic E-state index is 13.9. The highest BCUT2D eigenvalue weighted by molar-refractivity contribution is 9.11. The van der Waals surface area contributed by atoms with Crippen molar-refractivity contribution in [1.29, 1.82) is 0 Å². The van der Waals surface area contributed by atoms with E-state index in [9.17, 15) is 12.8 Å². The molecular formula is C16H12BrFN4O2S3. The number of rotatable bonds is 6. The van der Waals surface area contributed by atoms with Crippen molar-refractivity contribution in [3.63, 3.8) is 0 Å². The second-order valence-corrected chi connectivity index (χ2v) is 10.8. The van der Waals surface area contributed by atoms with Gasteiger partial charge >= 0.3 is 0 Å². The number of nitrogens with zero attached hydrogens (tertiary/aromatic N) is 3. The molecule has 0 spiro atoms. The topological polar surface area (TPSA) is 76.4 Å². The summed E-state index contributed by atoms with van der Waals surface area (Å²) < 4.78 is 43.7. The minimum absolute atomic E-state index is 0.221. The van der Waals surface area contributed by atoms with Crippen LogP contribution in [0.1, 0.15) is 5.69 Å². The van der Waals surface area contributed by atoms with Gasteiger partial charge in [0.05, 0.1) is 15.0 Å². The molecular weight excluding hydrogens is 475 g/mol. The molecule has 6 nitrogen and oxygen atoms in total. The van der Waals surface area contributed by atoms with E-state index in [1.54, 1.807) is 34.8 Å². The molecule has 0 fully saturated rings. The molecule has 0 amide bonds. The molecule has 11 heteroatoms. The van der Waals surface area contributed by atoms with Crippen LogP contribution in [0.5, 0.6) is 0 Å². The highest BCUT2D eigenvalue weighted by Crippen LogP contribution is 2.26. The van der Waals surface area contributed by atoms with Crippen LogP contribution in [-0.4, -0.2) is 29.6 Å². The second kappa shape index (κ2) is 7.40. The number of halogens is 2. The van der Waals surface area contributed by atoms with E-state index in [-0.39, 0.29) is 16.6 Å². The van der Waals surface area contributed by atoms with Gasteiger partial charge in [-0.3, -0.25) is 0 Å². The van der Waals surface area contributed by atoms with Crippen LogP contribution in [0.2, 0.25) is 0 Å². The predicted molar refractivity (Wildman–Crippen MR) is 107 cm³/mol. The zero-order valence-electron chi connectivity index (χ0n) is 13.6. The van der Waals surface area contributed by atoms with Crippen molar-refractivity contribution in [2.75, 3.05) is 6.54 Å². The van der Waals surface area contributed by atoms with Gasteiger partial charge in [0.2, 0.25) is 15.0 Å². The number of hydrogen-bond donors (Lipinski definition) is 1. The third-order valence-corrected chi connectivity index (χ3v) is 8.19. The Kier molecular flexibility index (Phi) is 5.12. The lowest BCUT2D eigenvalue weighted by molar-refractivity contribution is 0.583. The Morgan fingerprint density at radius 2 is 2.04 bits per heavy atom. The van der Waals surface area contributed by atoms with Gasteiger partial charge in [-0.2, -0.15) is 4.98 Å². The smallest absolute Gasteiger partial charge is 0.210 e. The second-order valence-electron chi connectivity index (χ2n) is 5.54. The van der Waals surface area contributed by atoms with E-state index in [0.717, 1.165) is 20.8 Å². The Hall–Kier alpha value is -1.66. The first kappa shape index (κ1) is 18.7. The van der Waals surface area contributed by atoms with E-state index < -0.39 is 10.0 Å². The third-order valence-electron chi connectivity index (χ3n) is 3.75. The van der Waals surface area contributed by atoms with Crippen molar-refractivity contribution in [1.82, 2.24) is 19.3 Å². The van der Waals surface area contributed by atoms with Gasteiger partial charge < -0.3 is 0 Å². The number of hydrogen-bond acceptors (Lipinski definition) is 6. The summed E-state index contributed by atoms with van der Waals surface area (Å²) in [5, 5.41) is 6.25. The summed E-state index contributed by atoms with van der Waals surface area (Å²) in [6, 6.07) is 9.58. The van der Waals surface area contributed by atoms with E-state index in [1.807, 2.05) is 5.38 Å². The summed E-state index contributed by atoms with van der Waals surface area (Å²) in [6.45, 7) is 0.221. The minimum Gasteiger partial charge on any atom is -0.210 e. The number of fused-ring (bicyclic) bond motifs is 1. The molecule has 0 aliphatic carbocycles. The van der Waals surface area contributed by atoms with Crippen molar-refractivity contribution in [2.24, 2.45) is 0 Å². The highest BCUT2D eigenvalue weighted by atomic mass is 79.9. The number of aromatic nitrogens is 3. The van der Waals surface area contributed by atoms with E-state index >= 15 is 0 Å². The number of benzene rings is 1. The van der Waals surface area contributed by atoms with E-state index in [1.165, 1.54) is 17.4 Å². The molecule has 0 unspecified atom stereocenters. The molecule has 4 rings (SSSR count). The van der Waals surface area contributed by atoms with Crippen LogP contribution >= 0.6 is 38.6 Å². The molecule has 0 radical (unpaired) electrons. The van der Waals surface area contributed by atoms with Crippen LogP contribution in [0.25, 0.3) is 16.3 Å². The highest BCUT2D eigenvalue weighted by Gasteiger charge is 2.17. The first-order valence-corrected chi connectivity index (χ1v) is 11.7. The first-order chi connectivity index (χ1) is 12.9. The molecule has 140 valence electrons. The SMILES string of the molecule is O=S(=O)(NCCc1csc2nc(-c3ccccc3F)nn12)c1ccc(Br)s1. The van der Waals surface area contributed by atoms with Gasteiger partial charge in [-0.25, -0.2) is 22.0 Å². The summed E-state index contributed by atoms with van der Waals surface area (Å²) >= 11 is 5.79. The van der Waals surface area contributed by atoms with E-state index in [2.05, 4.69) is 30.7 Å². The van der Waals surface area contributed by atoms with E-state index in [4.69, 9.17) is 0 Å². The Labute approximate surface area is 170 Å². The van der Waals surface area contributed by atoms with Crippen molar-refractivity contribution >= 4 is 53.6 Å². The lowest BCUT2D eigenvalue weighted by Crippen LogP contribution is -2.25. The van der Waals surface area contributed by atoms with Crippen molar-refractivity contribution in [3.8, 4) is 11.4 Å². The Balaban J connectivity index is 1.51. The van der Waals surface area contributed by atoms with Gasteiger partial charge in [0, 0.05) is 18.3 Å². The van der Waals surface area contributed by atoms with Crippen LogP contribution in [0.4, 0.5) is 4.39 Å². The predicted octanol–water partition coefficient (Wildman–Crippen LogP) is 3.94. The molecule has 1 aromatic carbocycles. The maximum atomic E-state index is 13.9. The molecule has 3 heterocycles. The van der Waals surface area contributed by atoms with Gasteiger partial charge in [0.1, 0.15) is 10.0 Å². The molecule has 0 bridgehead atoms. The Morgan fingerprint density at radius 3 is 2.78 bits per heavy atom. The van der Waals surface area contributed by atoms with Gasteiger partial charge in [-0.05, 0) is 40.2 Å². The van der Waals surface area contributed by atoms with Gasteiger partial charge in [0.25, 0.3) is 0 Å². The summed E-state index contributed by atoms with van der Waals surface area (Å²) in [6.07, 6.45) is 0.436. The molecule has 0 aliphatic heterocycles. The Bertz CT molecular complexity index is 1220. The van der Waals surface area contributed by atoms with Gasteiger partial charge in [0.15, 0.2) is 5.82 Å². The first-order valence-electron chi connectivity index (χ1n) is 7.77. The van der Waals surface area contributed by atoms with Gasteiger partial charge in [-0.15, -0.1) is 27.8 Å². The molecule has 0 saturated heterocycles. The number of nitrogens with one attached hydrogen (secondary N) is 1. The Morgan fingerprint density at radius 1 is 1.22 bits per heavy atom. The minimum atomic E-state index is -3.54. The zero-order chi connectivity index (χ0) is 19.0. The summed E-state index contributed by atoms with van der Waals surface area (Å²) in [5.74, 6) is -0.0719. The molecule has 4 aromatic rings. The fourth-order valence-electron chi connectivity index (χ4n) is 2.48.